The van der Waals surface area contributed by atoms with Crippen molar-refractivity contribution in [3.8, 4) is 17.6 Å². The monoisotopic (exact) mass is 419 g/mol. The fourth-order valence-electron chi connectivity index (χ4n) is 3.19. The molecule has 0 N–H and O–H groups in total. The molecule has 3 rings (SSSR count). The normalized spacial score (nSPS) is 12.6. The van der Waals surface area contributed by atoms with Crippen molar-refractivity contribution >= 4 is 17.6 Å². The van der Waals surface area contributed by atoms with E-state index in [1.807, 2.05) is 54.6 Å². The van der Waals surface area contributed by atoms with E-state index in [0.29, 0.717) is 22.1 Å². The van der Waals surface area contributed by atoms with Crippen LogP contribution in [0.15, 0.2) is 78.9 Å². The largest absolute Gasteiger partial charge is 0.462 e. The fourth-order valence-corrected chi connectivity index (χ4v) is 3.49. The van der Waals surface area contributed by atoms with Crippen molar-refractivity contribution in [2.45, 2.75) is 31.8 Å². The molecule has 0 heterocycles. The Labute approximate surface area is 181 Å². The van der Waals surface area contributed by atoms with Crippen LogP contribution in [-0.4, -0.2) is 12.1 Å². The summed E-state index contributed by atoms with van der Waals surface area (Å²) < 4.78 is 11.4. The van der Waals surface area contributed by atoms with E-state index >= 15 is 0 Å². The lowest BCUT2D eigenvalue weighted by Crippen LogP contribution is -2.40. The highest BCUT2D eigenvalue weighted by Gasteiger charge is 2.44. The summed E-state index contributed by atoms with van der Waals surface area (Å²) in [5, 5.41) is 10.5. The zero-order chi connectivity index (χ0) is 21.6. The smallest absolute Gasteiger partial charge is 0.331 e. The number of hydrogen-bond donors (Lipinski definition) is 0. The Balaban J connectivity index is 1.99. The predicted octanol–water partition coefficient (Wildman–Crippen LogP) is 6.09. The maximum atomic E-state index is 13.1. The first-order valence-electron chi connectivity index (χ1n) is 9.64. The molecule has 0 aromatic heterocycles. The van der Waals surface area contributed by atoms with Crippen molar-refractivity contribution in [2.24, 2.45) is 0 Å². The number of nitriles is 1. The van der Waals surface area contributed by atoms with Gasteiger partial charge < -0.3 is 9.47 Å². The maximum Gasteiger partial charge on any atom is 0.331 e. The number of halogens is 1. The summed E-state index contributed by atoms with van der Waals surface area (Å²) in [6.07, 6.45) is -0.259. The highest BCUT2D eigenvalue weighted by atomic mass is 35.5. The highest BCUT2D eigenvalue weighted by Crippen LogP contribution is 2.36. The number of hydrogen-bond acceptors (Lipinski definition) is 4. The molecule has 0 spiro atoms. The topological polar surface area (TPSA) is 59.3 Å². The van der Waals surface area contributed by atoms with E-state index < -0.39 is 11.4 Å². The third-order valence-electron chi connectivity index (χ3n) is 4.56. The molecule has 0 aliphatic rings. The number of carbonyl (C=O) groups is 1. The Kier molecular flexibility index (Phi) is 6.76. The van der Waals surface area contributed by atoms with Crippen LogP contribution in [0.5, 0.6) is 11.5 Å². The minimum absolute atomic E-state index is 0.102. The van der Waals surface area contributed by atoms with E-state index in [-0.39, 0.29) is 12.5 Å². The van der Waals surface area contributed by atoms with Crippen molar-refractivity contribution in [2.75, 3.05) is 0 Å². The third kappa shape index (κ3) is 4.82. The van der Waals surface area contributed by atoms with Crippen molar-refractivity contribution in [1.29, 1.82) is 5.26 Å². The molecule has 0 aliphatic heterocycles. The van der Waals surface area contributed by atoms with Crippen molar-refractivity contribution in [1.82, 2.24) is 0 Å². The average Bonchev–Trinajstić information content (AvgIpc) is 2.73. The number of ether oxygens (including phenoxy) is 2. The van der Waals surface area contributed by atoms with Gasteiger partial charge in [0, 0.05) is 17.0 Å². The zero-order valence-electron chi connectivity index (χ0n) is 16.8. The lowest BCUT2D eigenvalue weighted by Gasteiger charge is -2.27. The van der Waals surface area contributed by atoms with Gasteiger partial charge in [-0.15, -0.1) is 0 Å². The summed E-state index contributed by atoms with van der Waals surface area (Å²) in [7, 11) is 0. The molecule has 30 heavy (non-hydrogen) atoms. The highest BCUT2D eigenvalue weighted by molar-refractivity contribution is 6.31. The Bertz CT molecular complexity index is 1060. The molecule has 152 valence electrons. The van der Waals surface area contributed by atoms with Crippen LogP contribution in [0.25, 0.3) is 0 Å². The van der Waals surface area contributed by atoms with Gasteiger partial charge in [-0.05, 0) is 49.7 Å². The van der Waals surface area contributed by atoms with Crippen molar-refractivity contribution in [3.05, 3.63) is 95.0 Å². The lowest BCUT2D eigenvalue weighted by molar-refractivity contribution is -0.152. The lowest BCUT2D eigenvalue weighted by atomic mass is 9.76. The molecule has 3 aromatic carbocycles. The summed E-state index contributed by atoms with van der Waals surface area (Å²) in [6.45, 7) is 3.50. The van der Waals surface area contributed by atoms with Gasteiger partial charge in [-0.3, -0.25) is 0 Å². The predicted molar refractivity (Wildman–Crippen MR) is 117 cm³/mol. The molecule has 4 nitrogen and oxygen atoms in total. The van der Waals surface area contributed by atoms with Crippen LogP contribution in [0, 0.1) is 11.3 Å². The number of nitrogens with zero attached hydrogens (tertiary/aromatic N) is 1. The number of benzene rings is 3. The molecule has 3 aromatic rings. The number of carbonyl (C=O) groups excluding carboxylic acids is 1. The van der Waals surface area contributed by atoms with Gasteiger partial charge >= 0.3 is 5.97 Å². The average molecular weight is 420 g/mol. The standard InChI is InChI=1S/C25H22ClNO3/c1-18(2)29-24(28)25(17-27,22-13-6-7-14-23(22)26)16-19-9-8-12-21(15-19)30-20-10-4-3-5-11-20/h3-15,18H,16H2,1-2H3. The summed E-state index contributed by atoms with van der Waals surface area (Å²) in [5.41, 5.74) is -0.395. The fraction of sp³-hybridized carbons (Fsp3) is 0.200. The van der Waals surface area contributed by atoms with Crippen LogP contribution < -0.4 is 4.74 Å². The van der Waals surface area contributed by atoms with Crippen molar-refractivity contribution in [3.63, 3.8) is 0 Å². The number of rotatable bonds is 7. The molecule has 0 saturated carbocycles. The van der Waals surface area contributed by atoms with Gasteiger partial charge in [0.25, 0.3) is 0 Å². The molecule has 0 saturated heterocycles. The summed E-state index contributed by atoms with van der Waals surface area (Å²) >= 11 is 6.39. The van der Waals surface area contributed by atoms with Gasteiger partial charge in [-0.25, -0.2) is 4.79 Å². The first-order valence-corrected chi connectivity index (χ1v) is 10.0. The van der Waals surface area contributed by atoms with E-state index in [0.717, 1.165) is 5.56 Å². The molecule has 5 heteroatoms. The van der Waals surface area contributed by atoms with E-state index in [1.165, 1.54) is 0 Å². The summed E-state index contributed by atoms with van der Waals surface area (Å²) in [4.78, 5) is 13.1. The SMILES string of the molecule is CC(C)OC(=O)C(C#N)(Cc1cccc(Oc2ccccc2)c1)c1ccccc1Cl. The van der Waals surface area contributed by atoms with Crippen LogP contribution in [0.1, 0.15) is 25.0 Å². The molecule has 1 atom stereocenters. The third-order valence-corrected chi connectivity index (χ3v) is 4.89. The van der Waals surface area contributed by atoms with Crippen LogP contribution in [-0.2, 0) is 21.4 Å². The molecule has 0 bridgehead atoms. The van der Waals surface area contributed by atoms with Crippen LogP contribution in [0.4, 0.5) is 0 Å². The van der Waals surface area contributed by atoms with Gasteiger partial charge in [0.15, 0.2) is 5.41 Å². The van der Waals surface area contributed by atoms with E-state index in [4.69, 9.17) is 21.1 Å². The zero-order valence-corrected chi connectivity index (χ0v) is 17.6. The summed E-state index contributed by atoms with van der Waals surface area (Å²) in [5.74, 6) is 0.691. The molecule has 0 fully saturated rings. The van der Waals surface area contributed by atoms with E-state index in [1.54, 1.807) is 38.1 Å². The second-order valence-corrected chi connectivity index (χ2v) is 7.60. The van der Waals surface area contributed by atoms with Crippen LogP contribution in [0.2, 0.25) is 5.02 Å². The first-order chi connectivity index (χ1) is 14.4. The first kappa shape index (κ1) is 21.4. The number of para-hydroxylation sites is 1. The van der Waals surface area contributed by atoms with E-state index in [2.05, 4.69) is 6.07 Å². The molecule has 1 unspecified atom stereocenters. The number of esters is 1. The summed E-state index contributed by atoms with van der Waals surface area (Å²) in [6, 6.07) is 25.8. The van der Waals surface area contributed by atoms with E-state index in [9.17, 15) is 10.1 Å². The molecule has 0 aliphatic carbocycles. The second kappa shape index (κ2) is 9.47. The van der Waals surface area contributed by atoms with Crippen molar-refractivity contribution < 1.29 is 14.3 Å². The Morgan fingerprint density at radius 1 is 1.00 bits per heavy atom. The van der Waals surface area contributed by atoms with Gasteiger partial charge in [0.1, 0.15) is 11.5 Å². The Morgan fingerprint density at radius 3 is 2.33 bits per heavy atom. The molecular formula is C25H22ClNO3. The van der Waals surface area contributed by atoms with Crippen LogP contribution in [0.3, 0.4) is 0 Å². The van der Waals surface area contributed by atoms with Gasteiger partial charge in [-0.1, -0.05) is 60.1 Å². The van der Waals surface area contributed by atoms with Crippen LogP contribution >= 0.6 is 11.6 Å². The molecule has 0 amide bonds. The Hall–Kier alpha value is -3.29. The van der Waals surface area contributed by atoms with Gasteiger partial charge in [0.05, 0.1) is 12.2 Å². The second-order valence-electron chi connectivity index (χ2n) is 7.19. The quantitative estimate of drug-likeness (QED) is 0.435. The Morgan fingerprint density at radius 2 is 1.67 bits per heavy atom. The van der Waals surface area contributed by atoms with Gasteiger partial charge in [0.2, 0.25) is 0 Å². The minimum atomic E-state index is -1.58. The molecular weight excluding hydrogens is 398 g/mol. The minimum Gasteiger partial charge on any atom is -0.462 e. The van der Waals surface area contributed by atoms with Gasteiger partial charge in [-0.2, -0.15) is 5.26 Å². The molecule has 0 radical (unpaired) electrons. The maximum absolute atomic E-state index is 13.1.